The largest absolute Gasteiger partial charge is 0.454 e. The van der Waals surface area contributed by atoms with Crippen LogP contribution in [-0.4, -0.2) is 22.4 Å². The van der Waals surface area contributed by atoms with E-state index in [1.54, 1.807) is 0 Å². The van der Waals surface area contributed by atoms with Crippen LogP contribution < -0.4 is 0 Å². The van der Waals surface area contributed by atoms with Gasteiger partial charge in [0.2, 0.25) is 0 Å². The predicted octanol–water partition coefficient (Wildman–Crippen LogP) is 5.58. The Balaban J connectivity index is 1.54. The van der Waals surface area contributed by atoms with Crippen molar-refractivity contribution in [1.29, 1.82) is 0 Å². The molecule has 4 aliphatic rings. The van der Waals surface area contributed by atoms with Crippen molar-refractivity contribution >= 4 is 11.8 Å². The topological polar surface area (TPSA) is 48.3 Å². The van der Waals surface area contributed by atoms with Crippen LogP contribution in [0.2, 0.25) is 0 Å². The number of hydrogen-bond acceptors (Lipinski definition) is 3. The van der Waals surface area contributed by atoms with Crippen molar-refractivity contribution < 1.29 is 14.3 Å². The number of aromatic nitrogens is 1. The molecule has 0 aliphatic heterocycles. The van der Waals surface area contributed by atoms with Gasteiger partial charge in [-0.05, 0) is 74.8 Å². The molecule has 4 aliphatic carbocycles. The fourth-order valence-corrected chi connectivity index (χ4v) is 7.86. The highest BCUT2D eigenvalue weighted by Gasteiger charge is 2.69. The Kier molecular flexibility index (Phi) is 4.56. The third-order valence-electron chi connectivity index (χ3n) is 9.69. The Morgan fingerprint density at radius 2 is 1.84 bits per heavy atom. The molecule has 0 saturated heterocycles. The molecular weight excluding hydrogens is 398 g/mol. The molecule has 2 unspecified atom stereocenters. The van der Waals surface area contributed by atoms with Gasteiger partial charge in [0.15, 0.2) is 5.78 Å². The van der Waals surface area contributed by atoms with E-state index in [2.05, 4.69) is 46.8 Å². The number of ketones is 1. The summed E-state index contributed by atoms with van der Waals surface area (Å²) in [6.07, 6.45) is 7.98. The fourth-order valence-electron chi connectivity index (χ4n) is 7.86. The smallest absolute Gasteiger partial charge is 0.340 e. The molecule has 32 heavy (non-hydrogen) atoms. The number of carbonyl (C=O) groups excluding carboxylic acids is 2. The second kappa shape index (κ2) is 6.71. The van der Waals surface area contributed by atoms with E-state index in [4.69, 9.17) is 4.74 Å². The highest BCUT2D eigenvalue weighted by atomic mass is 16.5. The first-order valence-corrected chi connectivity index (χ1v) is 12.2. The lowest BCUT2D eigenvalue weighted by Gasteiger charge is -2.40. The molecule has 7 atom stereocenters. The Morgan fingerprint density at radius 3 is 2.47 bits per heavy atom. The SMILES string of the molecule is CC1=C[C@@H]2C(=O)C3(C=C(C)[C@H](OC(=O)c4c(C)cn(C)c4C)[C@H]3C1)C(C)C[C@@H]1[C@@H]2C1(C)C. The summed E-state index contributed by atoms with van der Waals surface area (Å²) in [6.45, 7) is 15.0. The molecule has 4 nitrogen and oxygen atoms in total. The Labute approximate surface area is 192 Å². The fraction of sp³-hybridized carbons (Fsp3) is 0.643. The lowest BCUT2D eigenvalue weighted by molar-refractivity contribution is -0.135. The van der Waals surface area contributed by atoms with Gasteiger partial charge in [0.1, 0.15) is 6.10 Å². The number of aryl methyl sites for hydroxylation is 2. The average molecular weight is 436 g/mol. The normalized spacial score (nSPS) is 39.3. The molecule has 2 bridgehead atoms. The number of rotatable bonds is 2. The van der Waals surface area contributed by atoms with Gasteiger partial charge in [0.25, 0.3) is 0 Å². The minimum Gasteiger partial charge on any atom is -0.454 e. The van der Waals surface area contributed by atoms with Crippen LogP contribution in [0.5, 0.6) is 0 Å². The molecule has 0 amide bonds. The van der Waals surface area contributed by atoms with Crippen LogP contribution in [0, 0.1) is 54.3 Å². The summed E-state index contributed by atoms with van der Waals surface area (Å²) in [5.74, 6) is 1.36. The van der Waals surface area contributed by atoms with Gasteiger partial charge >= 0.3 is 5.97 Å². The van der Waals surface area contributed by atoms with Crippen molar-refractivity contribution in [2.24, 2.45) is 47.5 Å². The lowest BCUT2D eigenvalue weighted by Crippen LogP contribution is -2.46. The van der Waals surface area contributed by atoms with Crippen LogP contribution in [0.4, 0.5) is 0 Å². The summed E-state index contributed by atoms with van der Waals surface area (Å²) in [6, 6.07) is 0. The van der Waals surface area contributed by atoms with E-state index < -0.39 is 5.41 Å². The first-order chi connectivity index (χ1) is 14.9. The summed E-state index contributed by atoms with van der Waals surface area (Å²) in [5.41, 5.74) is 4.52. The minimum atomic E-state index is -0.530. The van der Waals surface area contributed by atoms with Gasteiger partial charge in [-0.3, -0.25) is 4.79 Å². The zero-order valence-electron chi connectivity index (χ0n) is 20.8. The van der Waals surface area contributed by atoms with E-state index in [0.29, 0.717) is 23.2 Å². The number of allylic oxidation sites excluding steroid dienone is 3. The number of esters is 1. The van der Waals surface area contributed by atoms with Crippen molar-refractivity contribution in [3.8, 4) is 0 Å². The first-order valence-electron chi connectivity index (χ1n) is 12.2. The van der Waals surface area contributed by atoms with E-state index in [9.17, 15) is 9.59 Å². The summed E-state index contributed by atoms with van der Waals surface area (Å²) in [7, 11) is 1.95. The molecule has 0 radical (unpaired) electrons. The summed E-state index contributed by atoms with van der Waals surface area (Å²) in [5, 5.41) is 0. The second-order valence-electron chi connectivity index (χ2n) is 11.8. The number of Topliss-reactive ketones (excluding diaryl/α,β-unsaturated/α-hetero) is 1. The van der Waals surface area contributed by atoms with Gasteiger partial charge in [0, 0.05) is 30.8 Å². The zero-order valence-corrected chi connectivity index (χ0v) is 20.8. The van der Waals surface area contributed by atoms with E-state index in [0.717, 1.165) is 29.7 Å². The highest BCUT2D eigenvalue weighted by Crippen LogP contribution is 2.71. The molecule has 0 N–H and O–H groups in total. The van der Waals surface area contributed by atoms with Gasteiger partial charge in [-0.2, -0.15) is 0 Å². The van der Waals surface area contributed by atoms with Crippen molar-refractivity contribution in [3.05, 3.63) is 46.3 Å². The maximum atomic E-state index is 14.3. The van der Waals surface area contributed by atoms with E-state index >= 15 is 0 Å². The van der Waals surface area contributed by atoms with E-state index in [1.165, 1.54) is 5.57 Å². The maximum Gasteiger partial charge on any atom is 0.340 e. The van der Waals surface area contributed by atoms with Gasteiger partial charge in [-0.1, -0.05) is 38.5 Å². The van der Waals surface area contributed by atoms with Gasteiger partial charge in [-0.25, -0.2) is 4.79 Å². The lowest BCUT2D eigenvalue weighted by atomic mass is 9.62. The highest BCUT2D eigenvalue weighted by molar-refractivity contribution is 5.95. The minimum absolute atomic E-state index is 0.0120. The third-order valence-corrected chi connectivity index (χ3v) is 9.69. The Hall–Kier alpha value is -2.10. The van der Waals surface area contributed by atoms with Crippen LogP contribution in [0.3, 0.4) is 0 Å². The van der Waals surface area contributed by atoms with Crippen LogP contribution in [0.15, 0.2) is 29.5 Å². The summed E-state index contributed by atoms with van der Waals surface area (Å²) < 4.78 is 8.23. The molecule has 172 valence electrons. The van der Waals surface area contributed by atoms with Crippen LogP contribution in [0.1, 0.15) is 69.1 Å². The van der Waals surface area contributed by atoms with Crippen LogP contribution in [-0.2, 0) is 16.6 Å². The Bertz CT molecular complexity index is 1090. The van der Waals surface area contributed by atoms with Crippen LogP contribution >= 0.6 is 0 Å². The van der Waals surface area contributed by atoms with Gasteiger partial charge in [-0.15, -0.1) is 0 Å². The van der Waals surface area contributed by atoms with Gasteiger partial charge in [0.05, 0.1) is 11.0 Å². The van der Waals surface area contributed by atoms with E-state index in [-0.39, 0.29) is 35.2 Å². The molecular formula is C28H37NO3. The second-order valence-corrected chi connectivity index (χ2v) is 11.8. The molecule has 5 rings (SSSR count). The number of carbonyl (C=O) groups is 2. The molecule has 4 heteroatoms. The molecule has 1 heterocycles. The van der Waals surface area contributed by atoms with Crippen LogP contribution in [0.25, 0.3) is 0 Å². The molecule has 2 fully saturated rings. The molecule has 1 spiro atoms. The standard InChI is InChI=1S/C28H37NO3/c1-14-9-19-23-20(27(23,6)7)11-17(4)28(25(19)30)12-15(2)24(21(28)10-14)32-26(31)22-16(3)13-29(8)18(22)5/h9,12-13,17,19-21,23-24H,10-11H2,1-8H3/t17?,19-,20+,21+,23+,24-,28?/m0/s1. The van der Waals surface area contributed by atoms with Crippen molar-refractivity contribution in [2.75, 3.05) is 0 Å². The molecule has 1 aromatic rings. The van der Waals surface area contributed by atoms with Gasteiger partial charge < -0.3 is 9.30 Å². The maximum absolute atomic E-state index is 14.3. The number of fused-ring (bicyclic) bond motifs is 3. The predicted molar refractivity (Wildman–Crippen MR) is 125 cm³/mol. The average Bonchev–Trinajstić information content (AvgIpc) is 3.04. The first kappa shape index (κ1) is 21.7. The van der Waals surface area contributed by atoms with Crippen molar-refractivity contribution in [1.82, 2.24) is 4.57 Å². The van der Waals surface area contributed by atoms with Crippen molar-refractivity contribution in [2.45, 2.75) is 67.4 Å². The summed E-state index contributed by atoms with van der Waals surface area (Å²) in [4.78, 5) is 27.6. The number of hydrogen-bond donors (Lipinski definition) is 0. The summed E-state index contributed by atoms with van der Waals surface area (Å²) >= 11 is 0. The number of nitrogens with zero attached hydrogens (tertiary/aromatic N) is 1. The molecule has 1 aromatic heterocycles. The third kappa shape index (κ3) is 2.67. The quantitative estimate of drug-likeness (QED) is 0.450. The molecule has 0 aromatic carbocycles. The zero-order chi connectivity index (χ0) is 23.3. The monoisotopic (exact) mass is 435 g/mol. The number of ether oxygens (including phenoxy) is 1. The molecule has 2 saturated carbocycles. The van der Waals surface area contributed by atoms with E-state index in [1.807, 2.05) is 31.7 Å². The Morgan fingerprint density at radius 1 is 1.16 bits per heavy atom. The van der Waals surface area contributed by atoms with Crippen molar-refractivity contribution in [3.63, 3.8) is 0 Å².